The number of aryl methyl sites for hydroxylation is 1. The van der Waals surface area contributed by atoms with Crippen molar-refractivity contribution >= 4 is 10.8 Å². The minimum Gasteiger partial charge on any atom is -0.399 e. The van der Waals surface area contributed by atoms with Crippen LogP contribution in [0.5, 0.6) is 5.75 Å². The van der Waals surface area contributed by atoms with E-state index in [0.29, 0.717) is 5.56 Å². The van der Waals surface area contributed by atoms with Crippen LogP contribution in [0.25, 0.3) is 21.9 Å². The Morgan fingerprint density at radius 3 is 2.23 bits per heavy atom. The van der Waals surface area contributed by atoms with Crippen molar-refractivity contribution in [1.29, 1.82) is 0 Å². The average molecular weight is 440 g/mol. The van der Waals surface area contributed by atoms with Crippen molar-refractivity contribution in [1.82, 2.24) is 0 Å². The average Bonchev–Trinajstić information content (AvgIpc) is 2.70. The van der Waals surface area contributed by atoms with Crippen LogP contribution in [0.3, 0.4) is 0 Å². The third-order valence-electron chi connectivity index (χ3n) is 5.12. The minimum atomic E-state index is -5.23. The van der Waals surface area contributed by atoms with Crippen molar-refractivity contribution in [2.45, 2.75) is 51.8 Å². The van der Waals surface area contributed by atoms with Gasteiger partial charge in [0.05, 0.1) is 0 Å². The predicted molar refractivity (Wildman–Crippen MR) is 108 cm³/mol. The summed E-state index contributed by atoms with van der Waals surface area (Å²) in [5, 5.41) is -0.255. The number of halogens is 6. The number of benzene rings is 3. The molecule has 3 aromatic rings. The lowest BCUT2D eigenvalue weighted by Gasteiger charge is -2.13. The Morgan fingerprint density at radius 1 is 0.806 bits per heavy atom. The second kappa shape index (κ2) is 9.62. The highest BCUT2D eigenvalue weighted by Gasteiger charge is 2.34. The monoisotopic (exact) mass is 440 g/mol. The van der Waals surface area contributed by atoms with E-state index in [0.717, 1.165) is 43.7 Å². The number of unbranched alkanes of at least 4 members (excludes halogenated alkanes) is 4. The van der Waals surface area contributed by atoms with Crippen LogP contribution in [0.1, 0.15) is 44.6 Å². The highest BCUT2D eigenvalue weighted by molar-refractivity contribution is 5.89. The molecule has 0 heterocycles. The topological polar surface area (TPSA) is 9.23 Å². The summed E-state index contributed by atoms with van der Waals surface area (Å²) < 4.78 is 83.8. The zero-order valence-electron chi connectivity index (χ0n) is 17.0. The molecule has 1 nitrogen and oxygen atoms in total. The SMILES string of the molecule is CCCCCCCc1ccc(-c2ccc3c(F)c(OC(F)(F)F)c(F)cc3c2)c(F)c1. The van der Waals surface area contributed by atoms with Crippen LogP contribution < -0.4 is 4.74 Å². The smallest absolute Gasteiger partial charge is 0.399 e. The lowest BCUT2D eigenvalue weighted by atomic mass is 9.98. The number of hydrogen-bond acceptors (Lipinski definition) is 1. The van der Waals surface area contributed by atoms with Crippen LogP contribution in [0.4, 0.5) is 26.3 Å². The van der Waals surface area contributed by atoms with Gasteiger partial charge in [-0.2, -0.15) is 0 Å². The van der Waals surface area contributed by atoms with Gasteiger partial charge in [-0.15, -0.1) is 13.2 Å². The molecule has 0 aliphatic carbocycles. The van der Waals surface area contributed by atoms with Crippen LogP contribution in [0.15, 0.2) is 42.5 Å². The summed E-state index contributed by atoms with van der Waals surface area (Å²) in [4.78, 5) is 0. The number of ether oxygens (including phenoxy) is 1. The van der Waals surface area contributed by atoms with Crippen molar-refractivity contribution in [2.75, 3.05) is 0 Å². The van der Waals surface area contributed by atoms with E-state index in [1.54, 1.807) is 6.07 Å². The van der Waals surface area contributed by atoms with Crippen LogP contribution in [0.2, 0.25) is 0 Å². The van der Waals surface area contributed by atoms with Gasteiger partial charge in [0.25, 0.3) is 0 Å². The molecular formula is C24H22F6O. The van der Waals surface area contributed by atoms with Gasteiger partial charge in [0.1, 0.15) is 5.82 Å². The molecule has 0 radical (unpaired) electrons. The van der Waals surface area contributed by atoms with Crippen molar-refractivity contribution in [3.05, 3.63) is 65.5 Å². The lowest BCUT2D eigenvalue weighted by Crippen LogP contribution is -2.19. The third kappa shape index (κ3) is 5.71. The van der Waals surface area contributed by atoms with Gasteiger partial charge in [-0.05, 0) is 47.6 Å². The molecule has 0 unspecified atom stereocenters. The summed E-state index contributed by atoms with van der Waals surface area (Å²) in [7, 11) is 0. The highest BCUT2D eigenvalue weighted by Crippen LogP contribution is 2.35. The standard InChI is InChI=1S/C24H22F6O/c1-2-3-4-5-6-7-15-8-10-18(20(25)12-15)16-9-11-19-17(13-16)14-21(26)23(22(19)27)31-24(28,29)30/h8-14H,2-7H2,1H3. The van der Waals surface area contributed by atoms with Gasteiger partial charge < -0.3 is 4.74 Å². The van der Waals surface area contributed by atoms with E-state index in [1.165, 1.54) is 30.7 Å². The largest absolute Gasteiger partial charge is 0.573 e. The van der Waals surface area contributed by atoms with Gasteiger partial charge in [0, 0.05) is 10.9 Å². The summed E-state index contributed by atoms with van der Waals surface area (Å²) in [5.74, 6) is -4.93. The maximum Gasteiger partial charge on any atom is 0.573 e. The van der Waals surface area contributed by atoms with Gasteiger partial charge in [0.2, 0.25) is 5.75 Å². The number of fused-ring (bicyclic) bond motifs is 1. The van der Waals surface area contributed by atoms with E-state index in [-0.39, 0.29) is 16.3 Å². The van der Waals surface area contributed by atoms with Crippen molar-refractivity contribution in [3.63, 3.8) is 0 Å². The molecule has 7 heteroatoms. The van der Waals surface area contributed by atoms with Crippen LogP contribution >= 0.6 is 0 Å². The van der Waals surface area contributed by atoms with Crippen molar-refractivity contribution in [2.24, 2.45) is 0 Å². The molecule has 0 amide bonds. The zero-order valence-corrected chi connectivity index (χ0v) is 17.0. The second-order valence-electron chi connectivity index (χ2n) is 7.46. The molecule has 0 bridgehead atoms. The lowest BCUT2D eigenvalue weighted by molar-refractivity contribution is -0.276. The Morgan fingerprint density at radius 2 is 1.55 bits per heavy atom. The van der Waals surface area contributed by atoms with Crippen LogP contribution in [-0.2, 0) is 6.42 Å². The molecule has 0 aliphatic rings. The fraction of sp³-hybridized carbons (Fsp3) is 0.333. The van der Waals surface area contributed by atoms with Gasteiger partial charge in [-0.3, -0.25) is 0 Å². The normalized spacial score (nSPS) is 11.8. The number of hydrogen-bond donors (Lipinski definition) is 0. The first-order valence-corrected chi connectivity index (χ1v) is 10.2. The van der Waals surface area contributed by atoms with Gasteiger partial charge in [0.15, 0.2) is 11.6 Å². The Bertz CT molecular complexity index is 1060. The molecule has 0 fully saturated rings. The van der Waals surface area contributed by atoms with Crippen LogP contribution in [0, 0.1) is 17.5 Å². The van der Waals surface area contributed by atoms with E-state index in [4.69, 9.17) is 0 Å². The molecule has 0 atom stereocenters. The van der Waals surface area contributed by atoms with Gasteiger partial charge in [-0.1, -0.05) is 56.9 Å². The summed E-state index contributed by atoms with van der Waals surface area (Å²) in [6, 6.07) is 9.50. The van der Waals surface area contributed by atoms with E-state index >= 15 is 0 Å². The van der Waals surface area contributed by atoms with E-state index in [9.17, 15) is 26.3 Å². The molecule has 3 aromatic carbocycles. The minimum absolute atomic E-state index is 0.00132. The molecule has 0 saturated heterocycles. The quantitative estimate of drug-likeness (QED) is 0.253. The molecule has 166 valence electrons. The summed E-state index contributed by atoms with van der Waals surface area (Å²) >= 11 is 0. The summed E-state index contributed by atoms with van der Waals surface area (Å²) in [6.45, 7) is 2.14. The Labute approximate surface area is 176 Å². The van der Waals surface area contributed by atoms with Crippen molar-refractivity contribution < 1.29 is 31.1 Å². The van der Waals surface area contributed by atoms with Gasteiger partial charge in [-0.25, -0.2) is 13.2 Å². The molecule has 0 N–H and O–H groups in total. The Hall–Kier alpha value is -2.70. The molecule has 3 rings (SSSR count). The predicted octanol–water partition coefficient (Wildman–Crippen LogP) is 8.34. The molecule has 0 aliphatic heterocycles. The van der Waals surface area contributed by atoms with E-state index in [2.05, 4.69) is 11.7 Å². The zero-order chi connectivity index (χ0) is 22.6. The summed E-state index contributed by atoms with van der Waals surface area (Å²) in [6.07, 6.45) is 1.07. The Balaban J connectivity index is 1.85. The summed E-state index contributed by atoms with van der Waals surface area (Å²) in [5.41, 5.74) is 1.47. The first-order chi connectivity index (χ1) is 14.7. The molecule has 0 saturated carbocycles. The second-order valence-corrected chi connectivity index (χ2v) is 7.46. The first kappa shape index (κ1) is 23.0. The van der Waals surface area contributed by atoms with E-state index in [1.807, 2.05) is 6.07 Å². The highest BCUT2D eigenvalue weighted by atomic mass is 19.4. The first-order valence-electron chi connectivity index (χ1n) is 10.2. The number of rotatable bonds is 8. The maximum absolute atomic E-state index is 14.7. The molecule has 0 aromatic heterocycles. The van der Waals surface area contributed by atoms with Crippen LogP contribution in [-0.4, -0.2) is 6.36 Å². The Kier molecular flexibility index (Phi) is 7.13. The van der Waals surface area contributed by atoms with Crippen molar-refractivity contribution in [3.8, 4) is 16.9 Å². The molecule has 31 heavy (non-hydrogen) atoms. The maximum atomic E-state index is 14.7. The molecule has 0 spiro atoms. The fourth-order valence-corrected chi connectivity index (χ4v) is 3.57. The van der Waals surface area contributed by atoms with Gasteiger partial charge >= 0.3 is 6.36 Å². The fourth-order valence-electron chi connectivity index (χ4n) is 3.57. The van der Waals surface area contributed by atoms with E-state index < -0.39 is 29.6 Å². The third-order valence-corrected chi connectivity index (χ3v) is 5.12. The number of alkyl halides is 3. The molecular weight excluding hydrogens is 418 g/mol.